The van der Waals surface area contributed by atoms with Crippen molar-refractivity contribution < 1.29 is 24.2 Å². The van der Waals surface area contributed by atoms with Crippen molar-refractivity contribution in [1.82, 2.24) is 5.32 Å². The largest absolute Gasteiger partial charge is 0.508 e. The van der Waals surface area contributed by atoms with E-state index in [9.17, 15) is 19.5 Å². The molecular formula is C22H23NO5. The van der Waals surface area contributed by atoms with E-state index in [-0.39, 0.29) is 41.9 Å². The Morgan fingerprint density at radius 2 is 2.00 bits per heavy atom. The van der Waals surface area contributed by atoms with Gasteiger partial charge in [0.1, 0.15) is 11.5 Å². The maximum Gasteiger partial charge on any atom is 0.310 e. The van der Waals surface area contributed by atoms with E-state index in [1.807, 2.05) is 0 Å². The molecule has 0 saturated heterocycles. The third kappa shape index (κ3) is 1.61. The van der Waals surface area contributed by atoms with Gasteiger partial charge in [-0.1, -0.05) is 12.1 Å². The van der Waals surface area contributed by atoms with Gasteiger partial charge in [0.05, 0.1) is 18.4 Å². The Balaban J connectivity index is 1.17. The van der Waals surface area contributed by atoms with Crippen molar-refractivity contribution in [3.8, 4) is 5.75 Å². The highest BCUT2D eigenvalue weighted by Crippen LogP contribution is 2.92. The second-order valence-corrected chi connectivity index (χ2v) is 9.33. The predicted octanol–water partition coefficient (Wildman–Crippen LogP) is 1.17. The van der Waals surface area contributed by atoms with Crippen LogP contribution >= 0.6 is 0 Å². The molecule has 2 N–H and O–H groups in total. The van der Waals surface area contributed by atoms with Gasteiger partial charge in [0, 0.05) is 18.4 Å². The summed E-state index contributed by atoms with van der Waals surface area (Å²) in [5, 5.41) is 12.4. The smallest absolute Gasteiger partial charge is 0.310 e. The fourth-order valence-electron chi connectivity index (χ4n) is 8.11. The van der Waals surface area contributed by atoms with Crippen LogP contribution in [0.4, 0.5) is 0 Å². The van der Waals surface area contributed by atoms with Crippen LogP contribution in [0.1, 0.15) is 12.0 Å². The van der Waals surface area contributed by atoms with Crippen molar-refractivity contribution in [3.05, 3.63) is 29.8 Å². The van der Waals surface area contributed by atoms with Gasteiger partial charge in [-0.15, -0.1) is 0 Å². The molecule has 146 valence electrons. The monoisotopic (exact) mass is 381 g/mol. The predicted molar refractivity (Wildman–Crippen MR) is 96.8 cm³/mol. The molecule has 6 heteroatoms. The number of ketones is 1. The summed E-state index contributed by atoms with van der Waals surface area (Å²) in [4.78, 5) is 38.1. The molecule has 6 saturated carbocycles. The van der Waals surface area contributed by atoms with Crippen LogP contribution < -0.4 is 5.32 Å². The molecule has 6 aliphatic rings. The van der Waals surface area contributed by atoms with Crippen LogP contribution in [0.15, 0.2) is 24.3 Å². The van der Waals surface area contributed by atoms with Crippen LogP contribution in [0.2, 0.25) is 0 Å². The molecule has 4 bridgehead atoms. The van der Waals surface area contributed by atoms with Gasteiger partial charge < -0.3 is 15.2 Å². The number of carbonyl (C=O) groups is 3. The minimum atomic E-state index is -0.495. The van der Waals surface area contributed by atoms with E-state index in [1.165, 1.54) is 7.11 Å². The summed E-state index contributed by atoms with van der Waals surface area (Å²) < 4.78 is 4.93. The maximum absolute atomic E-state index is 13.2. The molecule has 1 amide bonds. The third-order valence-corrected chi connectivity index (χ3v) is 8.72. The highest BCUT2D eigenvalue weighted by Gasteiger charge is 2.96. The van der Waals surface area contributed by atoms with Crippen LogP contribution in [0.25, 0.3) is 0 Å². The van der Waals surface area contributed by atoms with Gasteiger partial charge >= 0.3 is 5.97 Å². The van der Waals surface area contributed by atoms with Crippen LogP contribution in [-0.4, -0.2) is 36.4 Å². The lowest BCUT2D eigenvalue weighted by Gasteiger charge is -2.70. The van der Waals surface area contributed by atoms with Gasteiger partial charge in [-0.25, -0.2) is 0 Å². The average Bonchev–Trinajstić information content (AvgIpc) is 3.21. The summed E-state index contributed by atoms with van der Waals surface area (Å²) in [6, 6.07) is 6.69. The Hall–Kier alpha value is -2.37. The maximum atomic E-state index is 13.2. The molecule has 28 heavy (non-hydrogen) atoms. The molecule has 9 atom stereocenters. The molecule has 0 heterocycles. The van der Waals surface area contributed by atoms with E-state index >= 15 is 0 Å². The lowest BCUT2D eigenvalue weighted by atomic mass is 9.31. The van der Waals surface area contributed by atoms with Gasteiger partial charge in [-0.2, -0.15) is 0 Å². The number of ether oxygens (including phenoxy) is 1. The fraction of sp³-hybridized carbons (Fsp3) is 0.591. The topological polar surface area (TPSA) is 92.7 Å². The fourth-order valence-corrected chi connectivity index (χ4v) is 8.11. The van der Waals surface area contributed by atoms with Gasteiger partial charge in [-0.3, -0.25) is 14.4 Å². The Labute approximate surface area is 162 Å². The van der Waals surface area contributed by atoms with E-state index in [0.29, 0.717) is 35.9 Å². The number of Topliss-reactive ketones (excluding diaryl/α,β-unsaturated/α-hetero) is 1. The molecule has 0 radical (unpaired) electrons. The van der Waals surface area contributed by atoms with Crippen molar-refractivity contribution in [2.75, 3.05) is 13.7 Å². The van der Waals surface area contributed by atoms with Gasteiger partial charge in [0.15, 0.2) is 0 Å². The molecule has 9 unspecified atom stereocenters. The number of methoxy groups -OCH3 is 1. The number of nitrogens with one attached hydrogen (secondary N) is 1. The standard InChI is InChI=1S/C22H23NO5/c1-28-20(26)10(6-9-2-4-11(24)5-3-9)8-23-21(27)22-16-13-7-12-14(16)18(22)19(25)15(12)17(13)22/h2-5,10,12-18,24H,6-8H2,1H3,(H,23,27). The number of phenolic OH excluding ortho intramolecular Hbond substituents is 1. The summed E-state index contributed by atoms with van der Waals surface area (Å²) in [7, 11) is 1.35. The van der Waals surface area contributed by atoms with Gasteiger partial charge in [0.2, 0.25) is 5.91 Å². The molecular weight excluding hydrogens is 358 g/mol. The van der Waals surface area contributed by atoms with Crippen LogP contribution in [0, 0.1) is 52.8 Å². The molecule has 6 fully saturated rings. The second kappa shape index (κ2) is 5.16. The van der Waals surface area contributed by atoms with Crippen molar-refractivity contribution in [3.63, 3.8) is 0 Å². The van der Waals surface area contributed by atoms with Crippen LogP contribution in [0.3, 0.4) is 0 Å². The average molecular weight is 381 g/mol. The number of aromatic hydroxyl groups is 1. The minimum Gasteiger partial charge on any atom is -0.508 e. The van der Waals surface area contributed by atoms with E-state index in [2.05, 4.69) is 5.32 Å². The molecule has 6 nitrogen and oxygen atoms in total. The third-order valence-electron chi connectivity index (χ3n) is 8.72. The van der Waals surface area contributed by atoms with Crippen molar-refractivity contribution in [1.29, 1.82) is 0 Å². The van der Waals surface area contributed by atoms with Crippen molar-refractivity contribution in [2.45, 2.75) is 12.8 Å². The number of hydrogen-bond donors (Lipinski definition) is 2. The quantitative estimate of drug-likeness (QED) is 0.722. The summed E-state index contributed by atoms with van der Waals surface area (Å²) in [5.74, 6) is 2.01. The number of rotatable bonds is 6. The van der Waals surface area contributed by atoms with E-state index < -0.39 is 11.3 Å². The highest BCUT2D eigenvalue weighted by molar-refractivity contribution is 6.04. The van der Waals surface area contributed by atoms with Crippen LogP contribution in [0.5, 0.6) is 5.75 Å². The summed E-state index contributed by atoms with van der Waals surface area (Å²) in [6.07, 6.45) is 1.57. The number of hydrogen-bond acceptors (Lipinski definition) is 5. The number of phenols is 1. The molecule has 1 aromatic carbocycles. The number of benzene rings is 1. The Morgan fingerprint density at radius 3 is 2.68 bits per heavy atom. The van der Waals surface area contributed by atoms with Crippen molar-refractivity contribution >= 4 is 17.7 Å². The first-order valence-corrected chi connectivity index (χ1v) is 10.2. The molecule has 1 aromatic rings. The van der Waals surface area contributed by atoms with Gasteiger partial charge in [0.25, 0.3) is 0 Å². The summed E-state index contributed by atoms with van der Waals surface area (Å²) >= 11 is 0. The Morgan fingerprint density at radius 1 is 1.25 bits per heavy atom. The number of esters is 1. The number of carbonyl (C=O) groups excluding carboxylic acids is 3. The first-order valence-electron chi connectivity index (χ1n) is 10.2. The lowest BCUT2D eigenvalue weighted by Crippen LogP contribution is -2.75. The zero-order chi connectivity index (χ0) is 19.4. The first kappa shape index (κ1) is 16.6. The summed E-state index contributed by atoms with van der Waals surface area (Å²) in [6.45, 7) is 0.206. The minimum absolute atomic E-state index is 0.0178. The summed E-state index contributed by atoms with van der Waals surface area (Å²) in [5.41, 5.74) is 0.437. The second-order valence-electron chi connectivity index (χ2n) is 9.33. The molecule has 0 aliphatic heterocycles. The van der Waals surface area contributed by atoms with E-state index in [1.54, 1.807) is 24.3 Å². The van der Waals surface area contributed by atoms with Crippen molar-refractivity contribution in [2.24, 2.45) is 52.8 Å². The first-order chi connectivity index (χ1) is 13.5. The normalized spacial score (nSPS) is 43.5. The Bertz CT molecular complexity index is 910. The zero-order valence-electron chi connectivity index (χ0n) is 15.6. The zero-order valence-corrected chi connectivity index (χ0v) is 15.6. The molecule has 7 rings (SSSR count). The Kier molecular flexibility index (Phi) is 3.05. The highest BCUT2D eigenvalue weighted by atomic mass is 16.5. The SMILES string of the molecule is COC(=O)C(CNC(=O)C12C3C(=O)C4C5CC(C41)C2C53)Cc1ccc(O)cc1. The van der Waals surface area contributed by atoms with E-state index in [0.717, 1.165) is 12.0 Å². The van der Waals surface area contributed by atoms with Gasteiger partial charge in [-0.05, 0) is 60.1 Å². The molecule has 0 spiro atoms. The number of amides is 1. The lowest BCUT2D eigenvalue weighted by molar-refractivity contribution is -0.248. The van der Waals surface area contributed by atoms with Crippen LogP contribution in [-0.2, 0) is 25.5 Å². The molecule has 6 aliphatic carbocycles. The van der Waals surface area contributed by atoms with E-state index in [4.69, 9.17) is 4.74 Å². The molecule has 0 aromatic heterocycles.